The Morgan fingerprint density at radius 1 is 1.19 bits per heavy atom. The Hall–Kier alpha value is -0.320. The molecule has 0 spiro atoms. The Labute approximate surface area is 145 Å². The van der Waals surface area contributed by atoms with Crippen molar-refractivity contribution in [1.82, 2.24) is 5.32 Å². The molecule has 0 atom stereocenters. The average Bonchev–Trinajstić information content (AvgIpc) is 2.45. The maximum Gasteiger partial charge on any atom is 0.140 e. The zero-order chi connectivity index (χ0) is 15.7. The maximum atomic E-state index is 5.91. The van der Waals surface area contributed by atoms with Gasteiger partial charge in [0, 0.05) is 16.6 Å². The molecule has 0 fully saturated rings. The molecular weight excluding hydrogens is 394 g/mol. The van der Waals surface area contributed by atoms with Crippen LogP contribution in [0.2, 0.25) is 0 Å². The predicted molar refractivity (Wildman–Crippen MR) is 99.1 cm³/mol. The van der Waals surface area contributed by atoms with E-state index in [-0.39, 0.29) is 0 Å². The Kier molecular flexibility index (Phi) is 9.29. The van der Waals surface area contributed by atoms with Crippen molar-refractivity contribution in [2.75, 3.05) is 19.7 Å². The van der Waals surface area contributed by atoms with Crippen molar-refractivity contribution in [3.8, 4) is 5.75 Å². The number of rotatable bonds is 9. The lowest BCUT2D eigenvalue weighted by Crippen LogP contribution is -2.17. The van der Waals surface area contributed by atoms with Gasteiger partial charge in [0.25, 0.3) is 0 Å². The molecule has 0 aliphatic heterocycles. The zero-order valence-corrected chi connectivity index (χ0v) is 16.3. The molecule has 21 heavy (non-hydrogen) atoms. The third-order valence-electron chi connectivity index (χ3n) is 3.08. The van der Waals surface area contributed by atoms with E-state index in [0.29, 0.717) is 0 Å². The first-order valence-electron chi connectivity index (χ1n) is 7.64. The molecule has 0 bridgehead atoms. The van der Waals surface area contributed by atoms with Crippen LogP contribution in [0.4, 0.5) is 0 Å². The summed E-state index contributed by atoms with van der Waals surface area (Å²) < 4.78 is 7.96. The monoisotopic (exact) mass is 417 g/mol. The van der Waals surface area contributed by atoms with Crippen molar-refractivity contribution in [3.63, 3.8) is 0 Å². The highest BCUT2D eigenvalue weighted by atomic mass is 79.9. The molecule has 118 valence electrons. The van der Waals surface area contributed by atoms with Crippen LogP contribution in [0.5, 0.6) is 5.75 Å². The van der Waals surface area contributed by atoms with Gasteiger partial charge in [-0.05, 0) is 53.9 Å². The summed E-state index contributed by atoms with van der Waals surface area (Å²) in [7, 11) is 0. The lowest BCUT2D eigenvalue weighted by atomic mass is 10.1. The van der Waals surface area contributed by atoms with Gasteiger partial charge in [0.05, 0.1) is 11.1 Å². The average molecular weight is 419 g/mol. The van der Waals surface area contributed by atoms with Crippen LogP contribution in [0.15, 0.2) is 26.7 Å². The van der Waals surface area contributed by atoms with Crippen LogP contribution < -0.4 is 10.1 Å². The molecule has 4 heteroatoms. The van der Waals surface area contributed by atoms with Gasteiger partial charge in [-0.1, -0.05) is 48.4 Å². The van der Waals surface area contributed by atoms with E-state index in [1.165, 1.54) is 5.57 Å². The van der Waals surface area contributed by atoms with Gasteiger partial charge in [-0.15, -0.1) is 0 Å². The van der Waals surface area contributed by atoms with Gasteiger partial charge < -0.3 is 10.1 Å². The van der Waals surface area contributed by atoms with Gasteiger partial charge in [0.2, 0.25) is 0 Å². The van der Waals surface area contributed by atoms with Crippen LogP contribution in [0.3, 0.4) is 0 Å². The van der Waals surface area contributed by atoms with Crippen LogP contribution in [0.1, 0.15) is 45.6 Å². The van der Waals surface area contributed by atoms with E-state index in [1.54, 1.807) is 0 Å². The number of halogens is 2. The maximum absolute atomic E-state index is 5.91. The first-order chi connectivity index (χ1) is 10.1. The third-order valence-corrected chi connectivity index (χ3v) is 4.13. The zero-order valence-electron chi connectivity index (χ0n) is 13.1. The molecule has 2 nitrogen and oxygen atoms in total. The highest BCUT2D eigenvalue weighted by molar-refractivity contribution is 9.11. The third kappa shape index (κ3) is 6.54. The molecule has 0 aliphatic rings. The molecular formula is C17H25Br2NO. The van der Waals surface area contributed by atoms with Crippen molar-refractivity contribution in [1.29, 1.82) is 0 Å². The quantitative estimate of drug-likeness (QED) is 0.512. The van der Waals surface area contributed by atoms with Gasteiger partial charge >= 0.3 is 0 Å². The van der Waals surface area contributed by atoms with Crippen LogP contribution in [0, 0.1) is 0 Å². The molecule has 0 radical (unpaired) electrons. The van der Waals surface area contributed by atoms with Gasteiger partial charge in [-0.3, -0.25) is 0 Å². The number of hydrogen-bond donors (Lipinski definition) is 1. The highest BCUT2D eigenvalue weighted by Gasteiger charge is 2.09. The molecule has 0 aromatic heterocycles. The molecule has 1 aromatic carbocycles. The first kappa shape index (κ1) is 18.7. The summed E-state index contributed by atoms with van der Waals surface area (Å²) in [6.07, 6.45) is 5.44. The molecule has 1 N–H and O–H groups in total. The predicted octanol–water partition coefficient (Wildman–Crippen LogP) is 5.79. The van der Waals surface area contributed by atoms with Crippen LogP contribution >= 0.6 is 31.9 Å². The molecule has 0 amide bonds. The summed E-state index contributed by atoms with van der Waals surface area (Å²) in [5.41, 5.74) is 2.51. The van der Waals surface area contributed by atoms with E-state index < -0.39 is 0 Å². The normalized spacial score (nSPS) is 11.8. The summed E-state index contributed by atoms with van der Waals surface area (Å²) in [4.78, 5) is 0. The summed E-state index contributed by atoms with van der Waals surface area (Å²) in [6, 6.07) is 4.15. The van der Waals surface area contributed by atoms with E-state index in [4.69, 9.17) is 4.74 Å². The molecule has 1 aromatic rings. The molecule has 0 unspecified atom stereocenters. The fraction of sp³-hybridized carbons (Fsp3) is 0.529. The molecule has 0 saturated heterocycles. The van der Waals surface area contributed by atoms with Crippen molar-refractivity contribution < 1.29 is 4.74 Å². The second kappa shape index (κ2) is 10.4. The van der Waals surface area contributed by atoms with E-state index in [1.807, 2.05) is 6.07 Å². The Morgan fingerprint density at radius 2 is 1.95 bits per heavy atom. The summed E-state index contributed by atoms with van der Waals surface area (Å²) in [6.45, 7) is 9.22. The summed E-state index contributed by atoms with van der Waals surface area (Å²) >= 11 is 7.16. The first-order valence-corrected chi connectivity index (χ1v) is 9.22. The van der Waals surface area contributed by atoms with Crippen LogP contribution in [0.25, 0.3) is 6.08 Å². The molecule has 0 saturated carbocycles. The van der Waals surface area contributed by atoms with E-state index >= 15 is 0 Å². The minimum absolute atomic E-state index is 0.733. The van der Waals surface area contributed by atoms with Crippen molar-refractivity contribution >= 4 is 37.9 Å². The SMILES string of the molecule is CCCNCC(=Cc1cc(Br)cc(Br)c1OCCC)CC. The van der Waals surface area contributed by atoms with Gasteiger partial charge in [-0.2, -0.15) is 0 Å². The largest absolute Gasteiger partial charge is 0.492 e. The fourth-order valence-electron chi connectivity index (χ4n) is 1.97. The van der Waals surface area contributed by atoms with Gasteiger partial charge in [-0.25, -0.2) is 0 Å². The minimum Gasteiger partial charge on any atom is -0.492 e. The van der Waals surface area contributed by atoms with Crippen molar-refractivity contribution in [3.05, 3.63) is 32.2 Å². The number of ether oxygens (including phenoxy) is 1. The second-order valence-electron chi connectivity index (χ2n) is 4.99. The second-order valence-corrected chi connectivity index (χ2v) is 6.76. The Bertz CT molecular complexity index is 472. The fourth-order valence-corrected chi connectivity index (χ4v) is 3.34. The molecule has 1 rings (SSSR count). The van der Waals surface area contributed by atoms with Crippen molar-refractivity contribution in [2.24, 2.45) is 0 Å². The smallest absolute Gasteiger partial charge is 0.140 e. The lowest BCUT2D eigenvalue weighted by Gasteiger charge is -2.13. The standard InChI is InChI=1S/C17H25Br2NO/c1-4-7-20-12-13(6-3)9-14-10-15(18)11-16(19)17(14)21-8-5-2/h9-11,20H,4-8,12H2,1-3H3. The lowest BCUT2D eigenvalue weighted by molar-refractivity contribution is 0.315. The van der Waals surface area contributed by atoms with E-state index in [9.17, 15) is 0 Å². The summed E-state index contributed by atoms with van der Waals surface area (Å²) in [5.74, 6) is 0.932. The van der Waals surface area contributed by atoms with E-state index in [2.05, 4.69) is 70.1 Å². The number of nitrogens with one attached hydrogen (secondary N) is 1. The van der Waals surface area contributed by atoms with Crippen LogP contribution in [-0.4, -0.2) is 19.7 Å². The van der Waals surface area contributed by atoms with E-state index in [0.717, 1.165) is 59.2 Å². The topological polar surface area (TPSA) is 21.3 Å². The molecule has 0 aliphatic carbocycles. The number of hydrogen-bond acceptors (Lipinski definition) is 2. The van der Waals surface area contributed by atoms with Crippen LogP contribution in [-0.2, 0) is 0 Å². The molecule has 0 heterocycles. The minimum atomic E-state index is 0.733. The Morgan fingerprint density at radius 3 is 2.57 bits per heavy atom. The van der Waals surface area contributed by atoms with Gasteiger partial charge in [0.15, 0.2) is 0 Å². The van der Waals surface area contributed by atoms with Crippen molar-refractivity contribution in [2.45, 2.75) is 40.0 Å². The summed E-state index contributed by atoms with van der Waals surface area (Å²) in [5, 5.41) is 3.47. The van der Waals surface area contributed by atoms with Gasteiger partial charge in [0.1, 0.15) is 5.75 Å². The highest BCUT2D eigenvalue weighted by Crippen LogP contribution is 2.34. The number of benzene rings is 1. The Balaban J connectivity index is 3.01.